The number of anilines is 1. The summed E-state index contributed by atoms with van der Waals surface area (Å²) in [6.45, 7) is 1.77. The summed E-state index contributed by atoms with van der Waals surface area (Å²) >= 11 is 0. The second-order valence-corrected chi connectivity index (χ2v) is 5.58. The lowest BCUT2D eigenvalue weighted by atomic mass is 10.1. The van der Waals surface area contributed by atoms with Crippen LogP contribution in [0.1, 0.15) is 38.5 Å². The van der Waals surface area contributed by atoms with Crippen molar-refractivity contribution in [3.05, 3.63) is 30.3 Å². The number of carbonyl (C=O) groups excluding carboxylic acids is 2. The molecule has 1 fully saturated rings. The number of likely N-dealkylation sites (tertiary alicyclic amines) is 1. The molecule has 4 heteroatoms. The monoisotopic (exact) mass is 288 g/mol. The second kappa shape index (κ2) is 7.81. The largest absolute Gasteiger partial charge is 0.343 e. The van der Waals surface area contributed by atoms with Gasteiger partial charge in [-0.3, -0.25) is 9.59 Å². The molecule has 0 spiro atoms. The molecule has 2 rings (SSSR count). The van der Waals surface area contributed by atoms with Gasteiger partial charge >= 0.3 is 0 Å². The van der Waals surface area contributed by atoms with Crippen molar-refractivity contribution in [2.24, 2.45) is 0 Å². The van der Waals surface area contributed by atoms with Gasteiger partial charge in [0.2, 0.25) is 11.8 Å². The fourth-order valence-electron chi connectivity index (χ4n) is 2.66. The zero-order valence-corrected chi connectivity index (χ0v) is 12.8. The number of carbonyl (C=O) groups is 2. The van der Waals surface area contributed by atoms with E-state index in [9.17, 15) is 9.59 Å². The first-order valence-electron chi connectivity index (χ1n) is 7.78. The smallest absolute Gasteiger partial charge is 0.226 e. The van der Waals surface area contributed by atoms with Crippen molar-refractivity contribution in [1.82, 2.24) is 4.90 Å². The Morgan fingerprint density at radius 2 is 1.71 bits per heavy atom. The summed E-state index contributed by atoms with van der Waals surface area (Å²) < 4.78 is 0. The van der Waals surface area contributed by atoms with Gasteiger partial charge in [0.25, 0.3) is 0 Å². The summed E-state index contributed by atoms with van der Waals surface area (Å²) in [5.74, 6) is 0.262. The third kappa shape index (κ3) is 4.59. The molecule has 1 heterocycles. The molecular weight excluding hydrogens is 264 g/mol. The molecule has 114 valence electrons. The molecule has 1 aliphatic heterocycles. The van der Waals surface area contributed by atoms with Crippen molar-refractivity contribution in [2.45, 2.75) is 38.5 Å². The van der Waals surface area contributed by atoms with E-state index in [0.717, 1.165) is 31.6 Å². The lowest BCUT2D eigenvalue weighted by Gasteiger charge is -2.26. The van der Waals surface area contributed by atoms with Crippen molar-refractivity contribution in [2.75, 3.05) is 25.0 Å². The number of amides is 2. The Morgan fingerprint density at radius 1 is 1.05 bits per heavy atom. The van der Waals surface area contributed by atoms with Gasteiger partial charge in [-0.2, -0.15) is 0 Å². The van der Waals surface area contributed by atoms with Crippen LogP contribution in [0, 0.1) is 0 Å². The number of rotatable bonds is 5. The molecule has 0 aliphatic carbocycles. The maximum absolute atomic E-state index is 12.1. The maximum Gasteiger partial charge on any atom is 0.226 e. The van der Waals surface area contributed by atoms with Crippen molar-refractivity contribution in [3.8, 4) is 0 Å². The Balaban J connectivity index is 1.72. The maximum atomic E-state index is 12.1. The van der Waals surface area contributed by atoms with E-state index in [1.807, 2.05) is 35.2 Å². The summed E-state index contributed by atoms with van der Waals surface area (Å²) in [4.78, 5) is 27.7. The summed E-state index contributed by atoms with van der Waals surface area (Å²) in [6, 6.07) is 9.59. The van der Waals surface area contributed by atoms with E-state index in [4.69, 9.17) is 0 Å². The fraction of sp³-hybridized carbons (Fsp3) is 0.529. The van der Waals surface area contributed by atoms with Gasteiger partial charge in [-0.15, -0.1) is 0 Å². The molecule has 0 unspecified atom stereocenters. The minimum atomic E-state index is 0.0626. The average Bonchev–Trinajstić information content (AvgIpc) is 2.55. The molecule has 0 atom stereocenters. The van der Waals surface area contributed by atoms with E-state index >= 15 is 0 Å². The molecule has 1 aliphatic rings. The van der Waals surface area contributed by atoms with Crippen LogP contribution in [0.4, 0.5) is 5.69 Å². The highest BCUT2D eigenvalue weighted by Gasteiger charge is 2.17. The number of hydrogen-bond acceptors (Lipinski definition) is 2. The molecule has 1 aromatic carbocycles. The molecule has 0 bridgehead atoms. The highest BCUT2D eigenvalue weighted by atomic mass is 16.2. The van der Waals surface area contributed by atoms with Crippen molar-refractivity contribution in [1.29, 1.82) is 0 Å². The third-order valence-electron chi connectivity index (χ3n) is 4.01. The third-order valence-corrected chi connectivity index (χ3v) is 4.01. The summed E-state index contributed by atoms with van der Waals surface area (Å²) in [7, 11) is 1.78. The summed E-state index contributed by atoms with van der Waals surface area (Å²) in [6.07, 6.45) is 4.98. The molecule has 1 aromatic rings. The fourth-order valence-corrected chi connectivity index (χ4v) is 2.66. The Labute approximate surface area is 126 Å². The van der Waals surface area contributed by atoms with Gasteiger partial charge < -0.3 is 9.80 Å². The lowest BCUT2D eigenvalue weighted by molar-refractivity contribution is -0.132. The number of nitrogens with zero attached hydrogens (tertiary/aromatic N) is 2. The van der Waals surface area contributed by atoms with Crippen LogP contribution in [0.25, 0.3) is 0 Å². The molecule has 2 amide bonds. The van der Waals surface area contributed by atoms with Gasteiger partial charge in [-0.1, -0.05) is 18.2 Å². The van der Waals surface area contributed by atoms with Crippen LogP contribution >= 0.6 is 0 Å². The van der Waals surface area contributed by atoms with Gasteiger partial charge in [-0.05, 0) is 37.8 Å². The Bertz CT molecular complexity index is 467. The van der Waals surface area contributed by atoms with E-state index in [1.54, 1.807) is 11.9 Å². The molecule has 0 radical (unpaired) electrons. The zero-order chi connectivity index (χ0) is 15.1. The number of hydrogen-bond donors (Lipinski definition) is 0. The van der Waals surface area contributed by atoms with E-state index in [0.29, 0.717) is 19.3 Å². The van der Waals surface area contributed by atoms with Crippen LogP contribution in [0.2, 0.25) is 0 Å². The molecule has 0 aromatic heterocycles. The van der Waals surface area contributed by atoms with Gasteiger partial charge in [0, 0.05) is 38.7 Å². The molecule has 0 saturated carbocycles. The first-order valence-corrected chi connectivity index (χ1v) is 7.78. The standard InChI is InChI=1S/C17H24N2O2/c1-18(15-9-4-2-5-10-15)16(20)11-8-12-17(21)19-13-6-3-7-14-19/h2,4-5,9-10H,3,6-8,11-14H2,1H3. The second-order valence-electron chi connectivity index (χ2n) is 5.58. The van der Waals surface area contributed by atoms with Crippen molar-refractivity contribution in [3.63, 3.8) is 0 Å². The number of para-hydroxylation sites is 1. The average molecular weight is 288 g/mol. The van der Waals surface area contributed by atoms with Crippen LogP contribution in [0.3, 0.4) is 0 Å². The highest BCUT2D eigenvalue weighted by molar-refractivity contribution is 5.92. The molecular formula is C17H24N2O2. The number of piperidine rings is 1. The van der Waals surface area contributed by atoms with Gasteiger partial charge in [0.1, 0.15) is 0 Å². The van der Waals surface area contributed by atoms with Crippen molar-refractivity contribution >= 4 is 17.5 Å². The number of benzene rings is 1. The van der Waals surface area contributed by atoms with Crippen LogP contribution in [-0.2, 0) is 9.59 Å². The van der Waals surface area contributed by atoms with E-state index in [1.165, 1.54) is 6.42 Å². The summed E-state index contributed by atoms with van der Waals surface area (Å²) in [5.41, 5.74) is 0.893. The van der Waals surface area contributed by atoms with Crippen LogP contribution in [0.15, 0.2) is 30.3 Å². The van der Waals surface area contributed by atoms with E-state index in [-0.39, 0.29) is 11.8 Å². The lowest BCUT2D eigenvalue weighted by Crippen LogP contribution is -2.35. The van der Waals surface area contributed by atoms with Crippen molar-refractivity contribution < 1.29 is 9.59 Å². The summed E-state index contributed by atoms with van der Waals surface area (Å²) in [5, 5.41) is 0. The quantitative estimate of drug-likeness (QED) is 0.836. The SMILES string of the molecule is CN(C(=O)CCCC(=O)N1CCCCC1)c1ccccc1. The zero-order valence-electron chi connectivity index (χ0n) is 12.8. The Hall–Kier alpha value is -1.84. The molecule has 4 nitrogen and oxygen atoms in total. The van der Waals surface area contributed by atoms with E-state index < -0.39 is 0 Å². The van der Waals surface area contributed by atoms with E-state index in [2.05, 4.69) is 0 Å². The minimum absolute atomic E-state index is 0.0626. The normalized spacial score (nSPS) is 14.8. The predicted octanol–water partition coefficient (Wildman–Crippen LogP) is 2.83. The minimum Gasteiger partial charge on any atom is -0.343 e. The molecule has 21 heavy (non-hydrogen) atoms. The van der Waals surface area contributed by atoms with Gasteiger partial charge in [0.15, 0.2) is 0 Å². The molecule has 0 N–H and O–H groups in total. The predicted molar refractivity (Wildman–Crippen MR) is 84.1 cm³/mol. The Morgan fingerprint density at radius 3 is 2.38 bits per heavy atom. The van der Waals surface area contributed by atoms with Crippen LogP contribution in [0.5, 0.6) is 0 Å². The first kappa shape index (κ1) is 15.5. The van der Waals surface area contributed by atoms with Crippen LogP contribution in [-0.4, -0.2) is 36.9 Å². The van der Waals surface area contributed by atoms with Gasteiger partial charge in [-0.25, -0.2) is 0 Å². The first-order chi connectivity index (χ1) is 10.2. The van der Waals surface area contributed by atoms with Gasteiger partial charge in [0.05, 0.1) is 0 Å². The highest BCUT2D eigenvalue weighted by Crippen LogP contribution is 2.14. The molecule has 1 saturated heterocycles. The van der Waals surface area contributed by atoms with Crippen LogP contribution < -0.4 is 4.90 Å². The Kier molecular flexibility index (Phi) is 5.78. The topological polar surface area (TPSA) is 40.6 Å².